The monoisotopic (exact) mass is 506 g/mol. The second-order valence-electron chi connectivity index (χ2n) is 8.86. The highest BCUT2D eigenvalue weighted by Crippen LogP contribution is 2.39. The van der Waals surface area contributed by atoms with E-state index in [2.05, 4.69) is 17.9 Å². The molecule has 180 valence electrons. The maximum atomic E-state index is 13.0. The number of nitrogens with one attached hydrogen (secondary N) is 1. The number of hydrogen-bond acceptors (Lipinski definition) is 6. The van der Waals surface area contributed by atoms with Crippen LogP contribution in [0.1, 0.15) is 29.7 Å². The van der Waals surface area contributed by atoms with Crippen molar-refractivity contribution in [2.75, 3.05) is 6.54 Å². The Balaban J connectivity index is 1.28. The minimum Gasteiger partial charge on any atom is -0.480 e. The summed E-state index contributed by atoms with van der Waals surface area (Å²) in [5.41, 5.74) is 2.04. The van der Waals surface area contributed by atoms with Crippen molar-refractivity contribution in [3.63, 3.8) is 0 Å². The molecule has 2 saturated heterocycles. The Hall–Kier alpha value is -2.94. The largest absolute Gasteiger partial charge is 0.480 e. The third-order valence-corrected chi connectivity index (χ3v) is 8.07. The van der Waals surface area contributed by atoms with Crippen molar-refractivity contribution in [3.05, 3.63) is 88.5 Å². The molecule has 0 unspecified atom stereocenters. The van der Waals surface area contributed by atoms with E-state index in [-0.39, 0.29) is 10.6 Å². The van der Waals surface area contributed by atoms with Crippen LogP contribution in [-0.4, -0.2) is 38.7 Å². The number of thiol groups is 1. The lowest BCUT2D eigenvalue weighted by molar-refractivity contribution is -0.144. The van der Waals surface area contributed by atoms with E-state index in [1.54, 1.807) is 11.0 Å². The lowest BCUT2D eigenvalue weighted by Gasteiger charge is -2.24. The molecule has 2 aromatic carbocycles. The van der Waals surface area contributed by atoms with Crippen LogP contribution in [0.2, 0.25) is 0 Å². The number of carboxylic acid groups (broad SMARTS) is 1. The number of benzene rings is 2. The molecule has 0 spiro atoms. The summed E-state index contributed by atoms with van der Waals surface area (Å²) in [4.78, 5) is 27.1. The van der Waals surface area contributed by atoms with E-state index < -0.39 is 11.5 Å². The number of hydrogen-bond donors (Lipinski definition) is 3. The van der Waals surface area contributed by atoms with Gasteiger partial charge in [0.25, 0.3) is 5.91 Å². The molecule has 2 atom stereocenters. The van der Waals surface area contributed by atoms with Gasteiger partial charge in [-0.1, -0.05) is 66.4 Å². The highest BCUT2D eigenvalue weighted by atomic mass is 32.2. The molecule has 0 bridgehead atoms. The summed E-state index contributed by atoms with van der Waals surface area (Å²) in [6.45, 7) is 1.24. The Morgan fingerprint density at radius 3 is 2.60 bits per heavy atom. The van der Waals surface area contributed by atoms with Gasteiger partial charge in [-0.15, -0.1) is 12.6 Å². The van der Waals surface area contributed by atoms with Gasteiger partial charge in [0, 0.05) is 24.6 Å². The van der Waals surface area contributed by atoms with E-state index in [0.29, 0.717) is 35.8 Å². The van der Waals surface area contributed by atoms with Crippen LogP contribution in [0, 0.1) is 0 Å². The maximum absolute atomic E-state index is 13.0. The molecule has 1 amide bonds. The van der Waals surface area contributed by atoms with Crippen molar-refractivity contribution in [1.82, 2.24) is 10.2 Å². The van der Waals surface area contributed by atoms with E-state index >= 15 is 0 Å². The van der Waals surface area contributed by atoms with E-state index in [1.165, 1.54) is 11.8 Å². The molecule has 6 nitrogen and oxygen atoms in total. The topological polar surface area (TPSA) is 82.8 Å². The molecule has 2 fully saturated rings. The Morgan fingerprint density at radius 2 is 1.91 bits per heavy atom. The van der Waals surface area contributed by atoms with Crippen LogP contribution in [0.15, 0.2) is 76.1 Å². The van der Waals surface area contributed by atoms with E-state index in [4.69, 9.17) is 4.42 Å². The van der Waals surface area contributed by atoms with Crippen molar-refractivity contribution < 1.29 is 19.1 Å². The molecule has 0 saturated carbocycles. The molecule has 0 aliphatic carbocycles. The van der Waals surface area contributed by atoms with Crippen LogP contribution in [0.25, 0.3) is 17.4 Å². The molecule has 2 aliphatic heterocycles. The third kappa shape index (κ3) is 5.05. The maximum Gasteiger partial charge on any atom is 0.324 e. The van der Waals surface area contributed by atoms with Crippen LogP contribution in [0.4, 0.5) is 0 Å². The Labute approximate surface area is 213 Å². The number of carboxylic acids is 1. The number of carbonyl (C=O) groups excluding carboxylic acids is 1. The molecule has 3 heterocycles. The number of nitrogens with zero attached hydrogens (tertiary/aromatic N) is 1. The summed E-state index contributed by atoms with van der Waals surface area (Å²) in [5, 5.41) is 12.8. The summed E-state index contributed by atoms with van der Waals surface area (Å²) < 4.78 is 5.76. The van der Waals surface area contributed by atoms with Crippen LogP contribution < -0.4 is 5.32 Å². The molecule has 35 heavy (non-hydrogen) atoms. The van der Waals surface area contributed by atoms with Gasteiger partial charge in [0.05, 0.1) is 4.91 Å². The minimum absolute atomic E-state index is 0.0611. The van der Waals surface area contributed by atoms with Gasteiger partial charge in [0.2, 0.25) is 0 Å². The van der Waals surface area contributed by atoms with Gasteiger partial charge in [-0.25, -0.2) is 0 Å². The SMILES string of the molecule is O=C1/C(=C/c2ccc(-c3ccc(C[C@]4(C(=O)O)CCCN4)cc3)o2)S[C@H](S)N1Cc1ccccc1. The predicted molar refractivity (Wildman–Crippen MR) is 141 cm³/mol. The molecule has 8 heteroatoms. The second-order valence-corrected chi connectivity index (χ2v) is 10.8. The fraction of sp³-hybridized carbons (Fsp3) is 0.259. The summed E-state index contributed by atoms with van der Waals surface area (Å²) in [7, 11) is 0. The van der Waals surface area contributed by atoms with Crippen LogP contribution in [-0.2, 0) is 22.6 Å². The molecule has 3 aromatic rings. The molecular weight excluding hydrogens is 480 g/mol. The van der Waals surface area contributed by atoms with Crippen molar-refractivity contribution in [2.45, 2.75) is 36.1 Å². The van der Waals surface area contributed by atoms with Gasteiger partial charge in [-0.3, -0.25) is 9.59 Å². The van der Waals surface area contributed by atoms with Crippen LogP contribution in [0.3, 0.4) is 0 Å². The minimum atomic E-state index is -0.879. The Kier molecular flexibility index (Phi) is 6.77. The lowest BCUT2D eigenvalue weighted by Crippen LogP contribution is -2.49. The van der Waals surface area contributed by atoms with E-state index in [0.717, 1.165) is 29.7 Å². The zero-order valence-corrected chi connectivity index (χ0v) is 20.7. The quantitative estimate of drug-likeness (QED) is 0.308. The molecule has 1 aromatic heterocycles. The Bertz CT molecular complexity index is 1250. The first-order chi connectivity index (χ1) is 16.9. The summed E-state index contributed by atoms with van der Waals surface area (Å²) in [6.07, 6.45) is 3.71. The zero-order valence-electron chi connectivity index (χ0n) is 19.0. The fourth-order valence-corrected chi connectivity index (χ4v) is 6.01. The molecule has 2 N–H and O–H groups in total. The fourth-order valence-electron chi connectivity index (χ4n) is 4.56. The first-order valence-electron chi connectivity index (χ1n) is 11.5. The highest BCUT2D eigenvalue weighted by Gasteiger charge is 2.41. The smallest absolute Gasteiger partial charge is 0.324 e. The molecule has 5 rings (SSSR count). The second kappa shape index (κ2) is 9.97. The average Bonchev–Trinajstić information content (AvgIpc) is 3.58. The van der Waals surface area contributed by atoms with Gasteiger partial charge in [0.15, 0.2) is 0 Å². The zero-order chi connectivity index (χ0) is 24.4. The number of rotatable bonds is 7. The standard InChI is InChI=1S/C27H26N2O4S2/c30-24-23(35-26(34)29(24)17-19-5-2-1-3-6-19)15-21-11-12-22(33-21)20-9-7-18(8-10-20)16-27(25(31)32)13-4-14-28-27/h1-3,5-12,15,26,28,34H,4,13-14,16-17H2,(H,31,32)/b23-15-/t26-,27-/m0/s1. The van der Waals surface area contributed by atoms with Crippen molar-refractivity contribution >= 4 is 42.3 Å². The summed E-state index contributed by atoms with van der Waals surface area (Å²) >= 11 is 6.00. The van der Waals surface area contributed by atoms with Crippen LogP contribution >= 0.6 is 24.4 Å². The number of amides is 1. The van der Waals surface area contributed by atoms with Crippen molar-refractivity contribution in [3.8, 4) is 11.3 Å². The Morgan fingerprint density at radius 1 is 1.14 bits per heavy atom. The average molecular weight is 507 g/mol. The first-order valence-corrected chi connectivity index (χ1v) is 12.9. The predicted octanol–water partition coefficient (Wildman–Crippen LogP) is 5.03. The molecule has 2 aliphatic rings. The van der Waals surface area contributed by atoms with Gasteiger partial charge < -0.3 is 19.7 Å². The number of aliphatic carboxylic acids is 1. The summed E-state index contributed by atoms with van der Waals surface area (Å²) in [5.74, 6) is 0.429. The highest BCUT2D eigenvalue weighted by molar-refractivity contribution is 8.14. The van der Waals surface area contributed by atoms with E-state index in [9.17, 15) is 14.7 Å². The number of furan rings is 1. The van der Waals surface area contributed by atoms with Crippen molar-refractivity contribution in [1.29, 1.82) is 0 Å². The van der Waals surface area contributed by atoms with Gasteiger partial charge in [-0.2, -0.15) is 0 Å². The number of thioether (sulfide) groups is 1. The van der Waals surface area contributed by atoms with Gasteiger partial charge in [0.1, 0.15) is 21.8 Å². The molecular formula is C27H26N2O4S2. The molecule has 0 radical (unpaired) electrons. The third-order valence-electron chi connectivity index (χ3n) is 6.46. The number of carbonyl (C=O) groups is 2. The van der Waals surface area contributed by atoms with Gasteiger partial charge in [-0.05, 0) is 42.6 Å². The van der Waals surface area contributed by atoms with Crippen LogP contribution in [0.5, 0.6) is 0 Å². The van der Waals surface area contributed by atoms with E-state index in [1.807, 2.05) is 66.7 Å². The summed E-state index contributed by atoms with van der Waals surface area (Å²) in [6, 6.07) is 21.4. The van der Waals surface area contributed by atoms with Crippen molar-refractivity contribution in [2.24, 2.45) is 0 Å². The van der Waals surface area contributed by atoms with Gasteiger partial charge >= 0.3 is 5.97 Å². The normalized spacial score (nSPS) is 23.3. The lowest BCUT2D eigenvalue weighted by atomic mass is 9.89. The first kappa shape index (κ1) is 23.8.